The van der Waals surface area contributed by atoms with Gasteiger partial charge >= 0.3 is 6.03 Å². The number of carbonyl (C=O) groups is 2. The highest BCUT2D eigenvalue weighted by Gasteiger charge is 2.36. The molecule has 0 bridgehead atoms. The largest absolute Gasteiger partial charge is 0.351 e. The monoisotopic (exact) mass is 459 g/mol. The molecule has 2 N–H and O–H groups in total. The lowest BCUT2D eigenvalue weighted by Crippen LogP contribution is -2.50. The number of aryl methyl sites for hydroxylation is 2. The third-order valence-electron chi connectivity index (χ3n) is 7.38. The minimum absolute atomic E-state index is 0.260. The molecule has 0 aromatic heterocycles. The summed E-state index contributed by atoms with van der Waals surface area (Å²) in [5.41, 5.74) is 5.09. The fourth-order valence-corrected chi connectivity index (χ4v) is 5.58. The molecular formula is C27H33N5O2. The van der Waals surface area contributed by atoms with Crippen LogP contribution >= 0.6 is 0 Å². The second kappa shape index (κ2) is 9.12. The van der Waals surface area contributed by atoms with Gasteiger partial charge in [0, 0.05) is 30.4 Å². The van der Waals surface area contributed by atoms with E-state index in [0.717, 1.165) is 54.9 Å². The Morgan fingerprint density at radius 2 is 1.74 bits per heavy atom. The third kappa shape index (κ3) is 4.15. The van der Waals surface area contributed by atoms with Crippen LogP contribution in [-0.4, -0.2) is 48.0 Å². The molecule has 7 heteroatoms. The highest BCUT2D eigenvalue weighted by molar-refractivity contribution is 6.12. The van der Waals surface area contributed by atoms with Crippen LogP contribution < -0.4 is 15.5 Å². The Balaban J connectivity index is 1.45. The summed E-state index contributed by atoms with van der Waals surface area (Å²) in [6.07, 6.45) is 5.60. The van der Waals surface area contributed by atoms with E-state index < -0.39 is 12.2 Å². The second-order valence-electron chi connectivity index (χ2n) is 9.74. The van der Waals surface area contributed by atoms with Gasteiger partial charge in [-0.05, 0) is 87.8 Å². The Labute approximate surface area is 201 Å². The quantitative estimate of drug-likeness (QED) is 0.703. The van der Waals surface area contributed by atoms with Crippen LogP contribution in [0.3, 0.4) is 0 Å². The molecular weight excluding hydrogens is 426 g/mol. The Hall–Kier alpha value is -3.35. The molecule has 34 heavy (non-hydrogen) atoms. The van der Waals surface area contributed by atoms with Gasteiger partial charge in [0.1, 0.15) is 5.84 Å². The number of benzene rings is 2. The topological polar surface area (TPSA) is 77.0 Å². The van der Waals surface area contributed by atoms with Crippen LogP contribution in [0.25, 0.3) is 0 Å². The minimum atomic E-state index is -1.01. The number of anilines is 2. The molecule has 3 amide bonds. The van der Waals surface area contributed by atoms with Crippen LogP contribution in [0.4, 0.5) is 16.2 Å². The standard InChI is InChI=1S/C27H33N5O2/c1-17-8-6-9-18(2)32(17)25-22-12-4-5-13-23(22)31(3)26(33)24(29-25)30-27(34)28-21-15-14-19-10-7-11-20(19)16-21/h4-5,12-18,24H,6-11H2,1-3H3,(H2,28,30,34)/t17-,18+,24?. The van der Waals surface area contributed by atoms with Crippen LogP contribution in [-0.2, 0) is 17.6 Å². The summed E-state index contributed by atoms with van der Waals surface area (Å²) in [7, 11) is 1.75. The molecule has 0 saturated carbocycles. The smallest absolute Gasteiger partial charge is 0.321 e. The molecule has 1 saturated heterocycles. The number of benzodiazepines with no additional fused rings is 1. The molecule has 1 fully saturated rings. The number of nitrogens with one attached hydrogen (secondary N) is 2. The summed E-state index contributed by atoms with van der Waals surface area (Å²) < 4.78 is 0. The van der Waals surface area contributed by atoms with Gasteiger partial charge < -0.3 is 20.4 Å². The molecule has 3 atom stereocenters. The van der Waals surface area contributed by atoms with Crippen LogP contribution in [0.15, 0.2) is 47.5 Å². The fraction of sp³-hybridized carbons (Fsp3) is 0.444. The molecule has 3 aliphatic rings. The summed E-state index contributed by atoms with van der Waals surface area (Å²) in [6, 6.07) is 14.1. The third-order valence-corrected chi connectivity index (χ3v) is 7.38. The van der Waals surface area contributed by atoms with Crippen molar-refractivity contribution < 1.29 is 9.59 Å². The number of nitrogens with zero attached hydrogens (tertiary/aromatic N) is 3. The van der Waals surface area contributed by atoms with Gasteiger partial charge in [0.2, 0.25) is 6.17 Å². The highest BCUT2D eigenvalue weighted by atomic mass is 16.2. The predicted molar refractivity (Wildman–Crippen MR) is 135 cm³/mol. The van der Waals surface area contributed by atoms with E-state index in [2.05, 4.69) is 35.4 Å². The number of hydrogen-bond donors (Lipinski definition) is 2. The molecule has 7 nitrogen and oxygen atoms in total. The van der Waals surface area contributed by atoms with Gasteiger partial charge in [0.15, 0.2) is 0 Å². The van der Waals surface area contributed by atoms with E-state index in [0.29, 0.717) is 12.1 Å². The molecule has 1 aliphatic carbocycles. The van der Waals surface area contributed by atoms with Crippen molar-refractivity contribution in [2.75, 3.05) is 17.3 Å². The van der Waals surface area contributed by atoms with Crippen molar-refractivity contribution in [1.82, 2.24) is 10.2 Å². The summed E-state index contributed by atoms with van der Waals surface area (Å²) in [5, 5.41) is 5.74. The number of likely N-dealkylation sites (N-methyl/N-ethyl adjacent to an activating group) is 1. The first-order valence-corrected chi connectivity index (χ1v) is 12.3. The number of piperidine rings is 1. The van der Waals surface area contributed by atoms with Crippen LogP contribution in [0.1, 0.15) is 56.2 Å². The van der Waals surface area contributed by atoms with Crippen molar-refractivity contribution in [1.29, 1.82) is 0 Å². The van der Waals surface area contributed by atoms with Crippen LogP contribution in [0, 0.1) is 0 Å². The summed E-state index contributed by atoms with van der Waals surface area (Å²) in [6.45, 7) is 4.42. The van der Waals surface area contributed by atoms with Crippen molar-refractivity contribution in [3.8, 4) is 0 Å². The number of aliphatic imine (C=N–C) groups is 1. The maximum absolute atomic E-state index is 13.4. The number of hydrogen-bond acceptors (Lipinski definition) is 4. The molecule has 2 aliphatic heterocycles. The van der Waals surface area contributed by atoms with Gasteiger partial charge in [-0.25, -0.2) is 9.79 Å². The van der Waals surface area contributed by atoms with Crippen LogP contribution in [0.2, 0.25) is 0 Å². The average molecular weight is 460 g/mol. The first-order valence-electron chi connectivity index (χ1n) is 12.3. The van der Waals surface area contributed by atoms with E-state index in [9.17, 15) is 9.59 Å². The Kier molecular flexibility index (Phi) is 6.02. The number of carbonyl (C=O) groups excluding carboxylic acids is 2. The SMILES string of the molecule is C[C@@H]1CCC[C@H](C)N1C1=NC(NC(=O)Nc2ccc3c(c2)CCC3)C(=O)N(C)c2ccccc21. The van der Waals surface area contributed by atoms with Crippen molar-refractivity contribution in [2.45, 2.75) is 70.6 Å². The number of amidine groups is 1. The second-order valence-corrected chi connectivity index (χ2v) is 9.74. The zero-order valence-corrected chi connectivity index (χ0v) is 20.2. The zero-order valence-electron chi connectivity index (χ0n) is 20.2. The number of urea groups is 1. The molecule has 0 radical (unpaired) electrons. The molecule has 2 aromatic rings. The maximum atomic E-state index is 13.4. The number of fused-ring (bicyclic) bond motifs is 2. The van der Waals surface area contributed by atoms with Gasteiger partial charge in [-0.2, -0.15) is 0 Å². The van der Waals surface area contributed by atoms with E-state index in [-0.39, 0.29) is 5.91 Å². The lowest BCUT2D eigenvalue weighted by molar-refractivity contribution is -0.119. The molecule has 178 valence electrons. The number of para-hydroxylation sites is 1. The summed E-state index contributed by atoms with van der Waals surface area (Å²) >= 11 is 0. The van der Waals surface area contributed by atoms with Gasteiger partial charge in [-0.3, -0.25) is 4.79 Å². The highest BCUT2D eigenvalue weighted by Crippen LogP contribution is 2.31. The Morgan fingerprint density at radius 1 is 1.00 bits per heavy atom. The Morgan fingerprint density at radius 3 is 2.53 bits per heavy atom. The summed E-state index contributed by atoms with van der Waals surface area (Å²) in [4.78, 5) is 35.2. The first kappa shape index (κ1) is 22.4. The normalized spacial score (nSPS) is 24.1. The molecule has 2 heterocycles. The van der Waals surface area contributed by atoms with E-state index in [4.69, 9.17) is 4.99 Å². The van der Waals surface area contributed by atoms with Gasteiger partial charge in [-0.1, -0.05) is 18.2 Å². The fourth-order valence-electron chi connectivity index (χ4n) is 5.58. The lowest BCUT2D eigenvalue weighted by atomic mass is 9.95. The first-order chi connectivity index (χ1) is 16.4. The van der Waals surface area contributed by atoms with E-state index >= 15 is 0 Å². The van der Waals surface area contributed by atoms with Crippen molar-refractivity contribution >= 4 is 29.1 Å². The Bertz CT molecular complexity index is 1130. The molecule has 0 spiro atoms. The van der Waals surface area contributed by atoms with E-state index in [1.165, 1.54) is 17.5 Å². The number of rotatable bonds is 2. The van der Waals surface area contributed by atoms with Crippen LogP contribution in [0.5, 0.6) is 0 Å². The molecule has 5 rings (SSSR count). The number of amides is 3. The van der Waals surface area contributed by atoms with Crippen molar-refractivity contribution in [3.05, 3.63) is 59.2 Å². The van der Waals surface area contributed by atoms with Gasteiger partial charge in [0.05, 0.1) is 5.69 Å². The predicted octanol–water partition coefficient (Wildman–Crippen LogP) is 4.31. The average Bonchev–Trinajstić information content (AvgIpc) is 3.26. The minimum Gasteiger partial charge on any atom is -0.351 e. The number of likely N-dealkylation sites (tertiary alicyclic amines) is 1. The van der Waals surface area contributed by atoms with E-state index in [1.807, 2.05) is 36.4 Å². The van der Waals surface area contributed by atoms with E-state index in [1.54, 1.807) is 11.9 Å². The molecule has 2 aromatic carbocycles. The lowest BCUT2D eigenvalue weighted by Gasteiger charge is -2.41. The summed E-state index contributed by atoms with van der Waals surface area (Å²) in [5.74, 6) is 0.514. The van der Waals surface area contributed by atoms with Gasteiger partial charge in [-0.15, -0.1) is 0 Å². The van der Waals surface area contributed by atoms with Gasteiger partial charge in [0.25, 0.3) is 5.91 Å². The van der Waals surface area contributed by atoms with Crippen molar-refractivity contribution in [3.63, 3.8) is 0 Å². The zero-order chi connectivity index (χ0) is 23.8. The molecule has 1 unspecified atom stereocenters. The maximum Gasteiger partial charge on any atom is 0.321 e. The van der Waals surface area contributed by atoms with Crippen molar-refractivity contribution in [2.24, 2.45) is 4.99 Å².